The van der Waals surface area contributed by atoms with Crippen molar-refractivity contribution in [1.29, 1.82) is 0 Å². The van der Waals surface area contributed by atoms with Crippen molar-refractivity contribution in [2.75, 3.05) is 13.7 Å². The first-order valence-electron chi connectivity index (χ1n) is 12.3. The molecule has 1 aromatic rings. The summed E-state index contributed by atoms with van der Waals surface area (Å²) in [4.78, 5) is 55.1. The maximum atomic E-state index is 13.5. The van der Waals surface area contributed by atoms with Gasteiger partial charge in [0, 0.05) is 25.0 Å². The topological polar surface area (TPSA) is 96.0 Å². The van der Waals surface area contributed by atoms with Crippen LogP contribution in [0.15, 0.2) is 36.4 Å². The van der Waals surface area contributed by atoms with Gasteiger partial charge in [-0.25, -0.2) is 0 Å². The van der Waals surface area contributed by atoms with E-state index in [4.69, 9.17) is 4.74 Å². The molecule has 0 saturated carbocycles. The van der Waals surface area contributed by atoms with Crippen molar-refractivity contribution in [1.82, 2.24) is 15.1 Å². The highest BCUT2D eigenvalue weighted by Crippen LogP contribution is 2.35. The minimum absolute atomic E-state index is 0.0232. The van der Waals surface area contributed by atoms with Gasteiger partial charge in [-0.15, -0.1) is 0 Å². The summed E-state index contributed by atoms with van der Waals surface area (Å²) in [7, 11) is 1.57. The Balaban J connectivity index is 1.79. The highest BCUT2D eigenvalue weighted by atomic mass is 16.5. The molecule has 1 fully saturated rings. The first-order chi connectivity index (χ1) is 16.6. The van der Waals surface area contributed by atoms with E-state index >= 15 is 0 Å². The number of hydrogen-bond donors (Lipinski definition) is 1. The highest BCUT2D eigenvalue weighted by Gasteiger charge is 2.47. The second kappa shape index (κ2) is 11.1. The molecule has 190 valence electrons. The molecule has 0 bridgehead atoms. The van der Waals surface area contributed by atoms with Gasteiger partial charge in [-0.2, -0.15) is 0 Å². The molecule has 1 N–H and O–H groups in total. The third-order valence-electron chi connectivity index (χ3n) is 6.52. The number of carbonyl (C=O) groups is 4. The Bertz CT molecular complexity index is 971. The van der Waals surface area contributed by atoms with Gasteiger partial charge in [0.25, 0.3) is 0 Å². The van der Waals surface area contributed by atoms with Crippen molar-refractivity contribution in [3.8, 4) is 5.75 Å². The molecule has 0 aromatic heterocycles. The maximum Gasteiger partial charge on any atom is 0.243 e. The van der Waals surface area contributed by atoms with E-state index in [0.29, 0.717) is 25.0 Å². The number of likely N-dealkylation sites (tertiary alicyclic amines) is 1. The Morgan fingerprint density at radius 1 is 1.14 bits per heavy atom. The van der Waals surface area contributed by atoms with E-state index in [9.17, 15) is 19.2 Å². The molecule has 0 unspecified atom stereocenters. The zero-order valence-electron chi connectivity index (χ0n) is 21.4. The van der Waals surface area contributed by atoms with Crippen LogP contribution in [0.25, 0.3) is 0 Å². The molecule has 0 radical (unpaired) electrons. The lowest BCUT2D eigenvalue weighted by Gasteiger charge is -2.33. The number of nitrogens with zero attached hydrogens (tertiary/aromatic N) is 2. The Hall–Kier alpha value is -3.16. The average Bonchev–Trinajstić information content (AvgIpc) is 3.06. The summed E-state index contributed by atoms with van der Waals surface area (Å²) >= 11 is 0. The third kappa shape index (κ3) is 6.29. The molecule has 1 aromatic carbocycles. The van der Waals surface area contributed by atoms with Crippen molar-refractivity contribution < 1.29 is 23.9 Å². The molecule has 1 aliphatic heterocycles. The monoisotopic (exact) mass is 483 g/mol. The van der Waals surface area contributed by atoms with Crippen LogP contribution in [0.2, 0.25) is 0 Å². The molecule has 8 nitrogen and oxygen atoms in total. The maximum absolute atomic E-state index is 13.5. The van der Waals surface area contributed by atoms with Crippen LogP contribution in [0.4, 0.5) is 0 Å². The van der Waals surface area contributed by atoms with Crippen LogP contribution in [-0.2, 0) is 25.7 Å². The molecule has 3 atom stereocenters. The van der Waals surface area contributed by atoms with E-state index in [-0.39, 0.29) is 55.0 Å². The average molecular weight is 484 g/mol. The van der Waals surface area contributed by atoms with Crippen LogP contribution in [0.1, 0.15) is 58.9 Å². The summed E-state index contributed by atoms with van der Waals surface area (Å²) in [6.07, 6.45) is 5.40. The zero-order chi connectivity index (χ0) is 25.8. The summed E-state index contributed by atoms with van der Waals surface area (Å²) in [6.45, 7) is 7.78. The third-order valence-corrected chi connectivity index (χ3v) is 6.52. The van der Waals surface area contributed by atoms with Crippen LogP contribution in [0.5, 0.6) is 5.75 Å². The van der Waals surface area contributed by atoms with E-state index < -0.39 is 11.6 Å². The van der Waals surface area contributed by atoms with Crippen LogP contribution in [0.3, 0.4) is 0 Å². The highest BCUT2D eigenvalue weighted by molar-refractivity contribution is 6.05. The van der Waals surface area contributed by atoms with Crippen molar-refractivity contribution in [3.63, 3.8) is 0 Å². The predicted octanol–water partition coefficient (Wildman–Crippen LogP) is 3.06. The van der Waals surface area contributed by atoms with Crippen LogP contribution in [-0.4, -0.2) is 58.7 Å². The standard InChI is InChI=1S/C27H37N3O5/c1-6-22(24(32)28-27(2,3)4)30(17-18-10-9-11-19(16-18)35-5)23(31)14-15-29-25(33)20-12-7-8-13-21(20)26(29)34/h7-11,16,20-22H,6,12-15,17H2,1-5H3,(H,28,32)/t20-,21+,22-/m0/s1. The van der Waals surface area contributed by atoms with Gasteiger partial charge in [0.15, 0.2) is 0 Å². The lowest BCUT2D eigenvalue weighted by atomic mass is 9.85. The van der Waals surface area contributed by atoms with E-state index in [0.717, 1.165) is 5.56 Å². The predicted molar refractivity (Wildman–Crippen MR) is 132 cm³/mol. The van der Waals surface area contributed by atoms with E-state index in [1.807, 2.05) is 64.1 Å². The smallest absolute Gasteiger partial charge is 0.243 e. The normalized spacial score (nSPS) is 20.4. The van der Waals surface area contributed by atoms with Gasteiger partial charge >= 0.3 is 0 Å². The van der Waals surface area contributed by atoms with Gasteiger partial charge in [0.2, 0.25) is 23.6 Å². The number of benzene rings is 1. The Morgan fingerprint density at radius 3 is 2.31 bits per heavy atom. The molecule has 3 rings (SSSR count). The van der Waals surface area contributed by atoms with E-state index in [1.165, 1.54) is 4.90 Å². The van der Waals surface area contributed by atoms with Gasteiger partial charge in [-0.05, 0) is 57.7 Å². The molecular weight excluding hydrogens is 446 g/mol. The number of allylic oxidation sites excluding steroid dienone is 2. The molecule has 4 amide bonds. The van der Waals surface area contributed by atoms with Crippen LogP contribution < -0.4 is 10.1 Å². The number of imide groups is 1. The van der Waals surface area contributed by atoms with Crippen molar-refractivity contribution in [2.24, 2.45) is 11.8 Å². The van der Waals surface area contributed by atoms with Gasteiger partial charge in [0.05, 0.1) is 18.9 Å². The number of hydrogen-bond acceptors (Lipinski definition) is 5. The molecular formula is C27H37N3O5. The molecule has 2 aliphatic rings. The minimum atomic E-state index is -0.690. The summed E-state index contributed by atoms with van der Waals surface area (Å²) < 4.78 is 5.31. The minimum Gasteiger partial charge on any atom is -0.497 e. The van der Waals surface area contributed by atoms with Gasteiger partial charge in [-0.3, -0.25) is 24.1 Å². The lowest BCUT2D eigenvalue weighted by molar-refractivity contribution is -0.144. The Kier molecular flexibility index (Phi) is 8.35. The van der Waals surface area contributed by atoms with Crippen molar-refractivity contribution in [2.45, 2.75) is 71.5 Å². The number of carbonyl (C=O) groups excluding carboxylic acids is 4. The molecule has 35 heavy (non-hydrogen) atoms. The van der Waals surface area contributed by atoms with Gasteiger partial charge < -0.3 is 15.0 Å². The summed E-state index contributed by atoms with van der Waals surface area (Å²) in [5.74, 6) is -0.901. The molecule has 1 saturated heterocycles. The second-order valence-electron chi connectivity index (χ2n) is 10.3. The fourth-order valence-electron chi connectivity index (χ4n) is 4.78. The fraction of sp³-hybridized carbons (Fsp3) is 0.556. The van der Waals surface area contributed by atoms with Crippen LogP contribution >= 0.6 is 0 Å². The summed E-state index contributed by atoms with van der Waals surface area (Å²) in [6, 6.07) is 6.68. The van der Waals surface area contributed by atoms with Crippen LogP contribution in [0, 0.1) is 11.8 Å². The molecule has 1 aliphatic carbocycles. The summed E-state index contributed by atoms with van der Waals surface area (Å²) in [5.41, 5.74) is 0.374. The number of fused-ring (bicyclic) bond motifs is 1. The van der Waals surface area contributed by atoms with Gasteiger partial charge in [-0.1, -0.05) is 31.2 Å². The number of rotatable bonds is 9. The van der Waals surface area contributed by atoms with E-state index in [1.54, 1.807) is 12.0 Å². The molecule has 8 heteroatoms. The first-order valence-corrected chi connectivity index (χ1v) is 12.3. The summed E-state index contributed by atoms with van der Waals surface area (Å²) in [5, 5.41) is 2.98. The SMILES string of the molecule is CC[C@@H](C(=O)NC(C)(C)C)N(Cc1cccc(OC)c1)C(=O)CCN1C(=O)[C@H]2CC=CC[C@H]2C1=O. The number of nitrogens with one attached hydrogen (secondary N) is 1. The van der Waals surface area contributed by atoms with E-state index in [2.05, 4.69) is 5.32 Å². The lowest BCUT2D eigenvalue weighted by Crippen LogP contribution is -2.53. The zero-order valence-corrected chi connectivity index (χ0v) is 21.4. The van der Waals surface area contributed by atoms with Crippen molar-refractivity contribution >= 4 is 23.6 Å². The van der Waals surface area contributed by atoms with Crippen molar-refractivity contribution in [3.05, 3.63) is 42.0 Å². The number of ether oxygens (including phenoxy) is 1. The first kappa shape index (κ1) is 26.4. The Labute approximate surface area is 207 Å². The quantitative estimate of drug-likeness (QED) is 0.430. The Morgan fingerprint density at radius 2 is 1.77 bits per heavy atom. The van der Waals surface area contributed by atoms with Gasteiger partial charge in [0.1, 0.15) is 11.8 Å². The number of amides is 4. The second-order valence-corrected chi connectivity index (χ2v) is 10.3. The largest absolute Gasteiger partial charge is 0.497 e. The fourth-order valence-corrected chi connectivity index (χ4v) is 4.78. The number of methoxy groups -OCH3 is 1. The molecule has 1 heterocycles. The molecule has 0 spiro atoms.